The summed E-state index contributed by atoms with van der Waals surface area (Å²) in [6, 6.07) is 0. The maximum absolute atomic E-state index is 12.8. The standard InChI is InChI=1S/C65H96O6/c1-4-7-10-13-16-19-22-25-28-30-32-34-37-40-43-46-49-52-55-58-64(67)70-61-62(60-69-63(66)57-54-51-48-45-42-39-36-27-24-21-18-15-12-9-6-3)71-65(68)59-56-53-50-47-44-41-38-35-33-31-29-26-23-20-17-14-11-8-5-2/h7-12,16-21,25-29,32-36,40-41,43-44,49-50,52-53,62H,4-6,13-15,22-24,30-31,37-39,42,45-48,51,54-61H2,1-3H3/b10-7-,11-8-,12-9-,19-16-,20-17-,21-18-,28-25-,29-26-,34-32-,35-33-,36-27-,43-40-,44-41-,52-49-,53-50-. The van der Waals surface area contributed by atoms with Crippen LogP contribution in [0.25, 0.3) is 0 Å². The largest absolute Gasteiger partial charge is 0.462 e. The van der Waals surface area contributed by atoms with E-state index in [1.165, 1.54) is 0 Å². The maximum atomic E-state index is 12.8. The smallest absolute Gasteiger partial charge is 0.306 e. The monoisotopic (exact) mass is 973 g/mol. The number of esters is 3. The molecule has 0 aliphatic heterocycles. The Morgan fingerprint density at radius 3 is 0.873 bits per heavy atom. The Kier molecular flexibility index (Phi) is 52.7. The van der Waals surface area contributed by atoms with Crippen LogP contribution in [0.2, 0.25) is 0 Å². The maximum Gasteiger partial charge on any atom is 0.306 e. The molecule has 0 aromatic carbocycles. The first kappa shape index (κ1) is 65.5. The van der Waals surface area contributed by atoms with E-state index >= 15 is 0 Å². The number of carbonyl (C=O) groups is 3. The van der Waals surface area contributed by atoms with Gasteiger partial charge >= 0.3 is 17.9 Å². The van der Waals surface area contributed by atoms with Gasteiger partial charge in [0.1, 0.15) is 13.2 Å². The van der Waals surface area contributed by atoms with Gasteiger partial charge in [0.25, 0.3) is 0 Å². The zero-order valence-corrected chi connectivity index (χ0v) is 44.6. The molecule has 71 heavy (non-hydrogen) atoms. The van der Waals surface area contributed by atoms with Crippen LogP contribution in [0.1, 0.15) is 188 Å². The molecule has 0 rings (SSSR count). The van der Waals surface area contributed by atoms with Crippen molar-refractivity contribution in [3.8, 4) is 0 Å². The summed E-state index contributed by atoms with van der Waals surface area (Å²) in [6.45, 7) is 6.12. The first-order valence-electron chi connectivity index (χ1n) is 27.3. The van der Waals surface area contributed by atoms with Crippen LogP contribution < -0.4 is 0 Å². The third-order valence-electron chi connectivity index (χ3n) is 10.4. The second kappa shape index (κ2) is 57.1. The summed E-state index contributed by atoms with van der Waals surface area (Å²) in [5, 5.41) is 0. The van der Waals surface area contributed by atoms with Gasteiger partial charge in [0.05, 0.1) is 0 Å². The molecule has 0 spiro atoms. The lowest BCUT2D eigenvalue weighted by Crippen LogP contribution is -2.30. The number of allylic oxidation sites excluding steroid dienone is 30. The van der Waals surface area contributed by atoms with Crippen molar-refractivity contribution in [1.82, 2.24) is 0 Å². The molecule has 1 unspecified atom stereocenters. The third-order valence-corrected chi connectivity index (χ3v) is 10.4. The van der Waals surface area contributed by atoms with Crippen molar-refractivity contribution < 1.29 is 28.6 Å². The highest BCUT2D eigenvalue weighted by atomic mass is 16.6. The van der Waals surface area contributed by atoms with Crippen LogP contribution >= 0.6 is 0 Å². The van der Waals surface area contributed by atoms with Gasteiger partial charge in [-0.2, -0.15) is 0 Å². The van der Waals surface area contributed by atoms with Crippen LogP contribution in [0.5, 0.6) is 0 Å². The molecule has 0 aromatic rings. The number of hydrogen-bond acceptors (Lipinski definition) is 6. The molecule has 392 valence electrons. The van der Waals surface area contributed by atoms with Crippen molar-refractivity contribution in [1.29, 1.82) is 0 Å². The molecule has 0 N–H and O–H groups in total. The van der Waals surface area contributed by atoms with Crippen molar-refractivity contribution in [2.24, 2.45) is 0 Å². The molecule has 0 radical (unpaired) electrons. The molecule has 0 heterocycles. The third kappa shape index (κ3) is 55.3. The molecule has 6 nitrogen and oxygen atoms in total. The molecule has 6 heteroatoms. The first-order valence-corrected chi connectivity index (χ1v) is 27.3. The zero-order valence-electron chi connectivity index (χ0n) is 44.6. The van der Waals surface area contributed by atoms with E-state index in [-0.39, 0.29) is 32.0 Å². The minimum absolute atomic E-state index is 0.151. The lowest BCUT2D eigenvalue weighted by atomic mass is 10.1. The Morgan fingerprint density at radius 1 is 0.282 bits per heavy atom. The van der Waals surface area contributed by atoms with Gasteiger partial charge < -0.3 is 14.2 Å². The summed E-state index contributed by atoms with van der Waals surface area (Å²) in [4.78, 5) is 38.1. The fourth-order valence-electron chi connectivity index (χ4n) is 6.45. The van der Waals surface area contributed by atoms with Crippen molar-refractivity contribution >= 4 is 17.9 Å². The summed E-state index contributed by atoms with van der Waals surface area (Å²) in [5.41, 5.74) is 0. The average Bonchev–Trinajstić information content (AvgIpc) is 3.37. The average molecular weight is 973 g/mol. The second-order valence-electron chi connectivity index (χ2n) is 17.0. The molecular weight excluding hydrogens is 877 g/mol. The van der Waals surface area contributed by atoms with Gasteiger partial charge in [-0.1, -0.05) is 222 Å². The molecule has 0 fully saturated rings. The Balaban J connectivity index is 4.69. The van der Waals surface area contributed by atoms with Crippen molar-refractivity contribution in [3.63, 3.8) is 0 Å². The van der Waals surface area contributed by atoms with E-state index in [0.717, 1.165) is 135 Å². The highest BCUT2D eigenvalue weighted by molar-refractivity contribution is 5.71. The normalized spacial score (nSPS) is 13.6. The van der Waals surface area contributed by atoms with E-state index in [9.17, 15) is 14.4 Å². The minimum atomic E-state index is -0.868. The van der Waals surface area contributed by atoms with Gasteiger partial charge in [-0.05, 0) is 128 Å². The van der Waals surface area contributed by atoms with Gasteiger partial charge in [0, 0.05) is 19.3 Å². The molecular formula is C65H96O6. The van der Waals surface area contributed by atoms with Crippen LogP contribution in [0.3, 0.4) is 0 Å². The Labute approximate surface area is 434 Å². The molecule has 0 saturated carbocycles. The summed E-state index contributed by atoms with van der Waals surface area (Å²) in [6.07, 6.45) is 86.1. The molecule has 1 atom stereocenters. The molecule has 0 aliphatic carbocycles. The fraction of sp³-hybridized carbons (Fsp3) is 0.492. The zero-order chi connectivity index (χ0) is 51.4. The van der Waals surface area contributed by atoms with Gasteiger partial charge in [0.2, 0.25) is 0 Å². The number of carbonyl (C=O) groups excluding carboxylic acids is 3. The number of rotatable bonds is 46. The topological polar surface area (TPSA) is 78.9 Å². The van der Waals surface area contributed by atoms with Crippen LogP contribution in [-0.2, 0) is 28.6 Å². The van der Waals surface area contributed by atoms with Crippen molar-refractivity contribution in [3.05, 3.63) is 182 Å². The van der Waals surface area contributed by atoms with Gasteiger partial charge in [-0.15, -0.1) is 0 Å². The van der Waals surface area contributed by atoms with Crippen molar-refractivity contribution in [2.45, 2.75) is 194 Å². The van der Waals surface area contributed by atoms with Crippen molar-refractivity contribution in [2.75, 3.05) is 13.2 Å². The predicted octanol–water partition coefficient (Wildman–Crippen LogP) is 18.5. The Bertz CT molecular complexity index is 1730. The van der Waals surface area contributed by atoms with E-state index in [0.29, 0.717) is 19.3 Å². The van der Waals surface area contributed by atoms with E-state index in [1.54, 1.807) is 0 Å². The SMILES string of the molecule is CC/C=C\C/C=C\C/C=C\C/C=C\C/C=C\C/C=C\CCC(=O)OCC(COC(=O)CCCCCCC/C=C\C/C=C\C/C=C\CC)OC(=O)CC/C=C\C/C=C\C/C=C\C/C=C\C/C=C\C/C=C\CC. The number of unbranched alkanes of at least 4 members (excludes halogenated alkanes) is 5. The molecule has 0 saturated heterocycles. The summed E-state index contributed by atoms with van der Waals surface area (Å²) >= 11 is 0. The lowest BCUT2D eigenvalue weighted by Gasteiger charge is -2.18. The molecule has 0 bridgehead atoms. The van der Waals surface area contributed by atoms with Gasteiger partial charge in [-0.25, -0.2) is 0 Å². The van der Waals surface area contributed by atoms with E-state index in [2.05, 4.69) is 179 Å². The minimum Gasteiger partial charge on any atom is -0.462 e. The van der Waals surface area contributed by atoms with Crippen LogP contribution in [-0.4, -0.2) is 37.2 Å². The summed E-state index contributed by atoms with van der Waals surface area (Å²) < 4.78 is 16.7. The van der Waals surface area contributed by atoms with Crippen LogP contribution in [0.4, 0.5) is 0 Å². The number of hydrogen-bond donors (Lipinski definition) is 0. The molecule has 0 aromatic heterocycles. The Hall–Kier alpha value is -5.49. The summed E-state index contributed by atoms with van der Waals surface area (Å²) in [5.74, 6) is -1.16. The predicted molar refractivity (Wildman–Crippen MR) is 306 cm³/mol. The van der Waals surface area contributed by atoms with Gasteiger partial charge in [0.15, 0.2) is 6.10 Å². The van der Waals surface area contributed by atoms with E-state index in [4.69, 9.17) is 14.2 Å². The second-order valence-corrected chi connectivity index (χ2v) is 17.0. The van der Waals surface area contributed by atoms with E-state index < -0.39 is 18.0 Å². The van der Waals surface area contributed by atoms with Gasteiger partial charge in [-0.3, -0.25) is 14.4 Å². The molecule has 0 aliphatic rings. The highest BCUT2D eigenvalue weighted by Crippen LogP contribution is 2.10. The highest BCUT2D eigenvalue weighted by Gasteiger charge is 2.19. The fourth-order valence-corrected chi connectivity index (χ4v) is 6.45. The quantitative estimate of drug-likeness (QED) is 0.0262. The molecule has 0 amide bonds. The van der Waals surface area contributed by atoms with Crippen LogP contribution in [0, 0.1) is 0 Å². The first-order chi connectivity index (χ1) is 35.0. The van der Waals surface area contributed by atoms with E-state index in [1.807, 2.05) is 24.3 Å². The Morgan fingerprint density at radius 2 is 0.535 bits per heavy atom. The van der Waals surface area contributed by atoms with Crippen LogP contribution in [0.15, 0.2) is 182 Å². The lowest BCUT2D eigenvalue weighted by molar-refractivity contribution is -0.166. The summed E-state index contributed by atoms with van der Waals surface area (Å²) in [7, 11) is 0. The number of ether oxygens (including phenoxy) is 3.